The molecule has 0 saturated heterocycles. The number of aromatic nitrogens is 2. The highest BCUT2D eigenvalue weighted by atomic mass is 35.5. The highest BCUT2D eigenvalue weighted by molar-refractivity contribution is 8.00. The predicted molar refractivity (Wildman–Crippen MR) is 117 cm³/mol. The molecule has 0 fully saturated rings. The summed E-state index contributed by atoms with van der Waals surface area (Å²) < 4.78 is 6.99. The minimum absolute atomic E-state index is 0.0763. The Morgan fingerprint density at radius 1 is 1.24 bits per heavy atom. The lowest BCUT2D eigenvalue weighted by Crippen LogP contribution is -2.30. The second-order valence-electron chi connectivity index (χ2n) is 6.67. The molecule has 1 heterocycles. The smallest absolute Gasteiger partial charge is 0.317 e. The first-order valence-corrected chi connectivity index (χ1v) is 10.4. The van der Waals surface area contributed by atoms with Gasteiger partial charge in [-0.1, -0.05) is 35.9 Å². The molecule has 0 bridgehead atoms. The summed E-state index contributed by atoms with van der Waals surface area (Å²) in [6.07, 6.45) is -0.918. The number of halogens is 1. The number of amides is 1. The standard InChI is InChI=1S/C21H22ClN3O3S/c1-12-20(13(2)25(4)24-12)23-21(27)14(3)28-18(26)11-29-17-10-6-8-15-7-5-9-16(22)19(15)17/h5-10,14H,11H2,1-4H3,(H,23,27). The third-order valence-electron chi connectivity index (χ3n) is 4.60. The number of ether oxygens (including phenoxy) is 1. The lowest BCUT2D eigenvalue weighted by molar-refractivity contribution is -0.150. The van der Waals surface area contributed by atoms with Crippen LogP contribution in [0.25, 0.3) is 10.8 Å². The van der Waals surface area contributed by atoms with Gasteiger partial charge < -0.3 is 10.1 Å². The Morgan fingerprint density at radius 2 is 1.93 bits per heavy atom. The molecule has 3 rings (SSSR count). The molecule has 1 atom stereocenters. The summed E-state index contributed by atoms with van der Waals surface area (Å²) >= 11 is 7.65. The van der Waals surface area contributed by atoms with Crippen molar-refractivity contribution in [3.63, 3.8) is 0 Å². The van der Waals surface area contributed by atoms with E-state index >= 15 is 0 Å². The van der Waals surface area contributed by atoms with Crippen molar-refractivity contribution in [2.45, 2.75) is 31.8 Å². The third-order valence-corrected chi connectivity index (χ3v) is 5.94. The highest BCUT2D eigenvalue weighted by Gasteiger charge is 2.21. The third kappa shape index (κ3) is 4.74. The van der Waals surface area contributed by atoms with E-state index in [1.807, 2.05) is 50.2 Å². The van der Waals surface area contributed by atoms with Gasteiger partial charge in [-0.2, -0.15) is 5.10 Å². The molecular formula is C21H22ClN3O3S. The quantitative estimate of drug-likeness (QED) is 0.459. The fraction of sp³-hybridized carbons (Fsp3) is 0.286. The molecule has 0 radical (unpaired) electrons. The fourth-order valence-corrected chi connectivity index (χ4v) is 4.21. The predicted octanol–water partition coefficient (Wildman–Crippen LogP) is 4.51. The molecule has 1 unspecified atom stereocenters. The van der Waals surface area contributed by atoms with E-state index in [0.29, 0.717) is 16.4 Å². The van der Waals surface area contributed by atoms with Crippen LogP contribution in [-0.2, 0) is 21.4 Å². The van der Waals surface area contributed by atoms with Gasteiger partial charge in [-0.25, -0.2) is 0 Å². The van der Waals surface area contributed by atoms with Gasteiger partial charge in [-0.15, -0.1) is 11.8 Å². The van der Waals surface area contributed by atoms with E-state index in [0.717, 1.165) is 21.4 Å². The molecule has 0 saturated carbocycles. The Labute approximate surface area is 178 Å². The number of hydrogen-bond donors (Lipinski definition) is 1. The van der Waals surface area contributed by atoms with Crippen molar-refractivity contribution in [3.05, 3.63) is 52.8 Å². The molecule has 8 heteroatoms. The first-order valence-electron chi connectivity index (χ1n) is 9.08. The average molecular weight is 432 g/mol. The summed E-state index contributed by atoms with van der Waals surface area (Å²) in [4.78, 5) is 25.6. The first kappa shape index (κ1) is 21.2. The SMILES string of the molecule is Cc1nn(C)c(C)c1NC(=O)C(C)OC(=O)CSc1cccc2cccc(Cl)c12. The maximum absolute atomic E-state index is 12.4. The van der Waals surface area contributed by atoms with Crippen LogP contribution in [-0.4, -0.2) is 33.5 Å². The number of carbonyl (C=O) groups excluding carboxylic acids is 2. The van der Waals surface area contributed by atoms with Gasteiger partial charge in [0, 0.05) is 22.4 Å². The van der Waals surface area contributed by atoms with Gasteiger partial charge in [0.2, 0.25) is 0 Å². The van der Waals surface area contributed by atoms with Crippen molar-refractivity contribution in [1.82, 2.24) is 9.78 Å². The summed E-state index contributed by atoms with van der Waals surface area (Å²) in [5, 5.41) is 9.59. The highest BCUT2D eigenvalue weighted by Crippen LogP contribution is 2.33. The maximum Gasteiger partial charge on any atom is 0.317 e. The van der Waals surface area contributed by atoms with Crippen molar-refractivity contribution in [1.29, 1.82) is 0 Å². The van der Waals surface area contributed by atoms with Crippen molar-refractivity contribution >= 4 is 51.7 Å². The number of rotatable bonds is 6. The molecule has 29 heavy (non-hydrogen) atoms. The lowest BCUT2D eigenvalue weighted by Gasteiger charge is -2.14. The Bertz CT molecular complexity index is 1080. The van der Waals surface area contributed by atoms with Gasteiger partial charge in [-0.05, 0) is 38.3 Å². The molecule has 3 aromatic rings. The van der Waals surface area contributed by atoms with Crippen molar-refractivity contribution in [2.24, 2.45) is 7.05 Å². The number of nitrogens with zero attached hydrogens (tertiary/aromatic N) is 2. The second-order valence-corrected chi connectivity index (χ2v) is 8.10. The van der Waals surface area contributed by atoms with Gasteiger partial charge in [0.05, 0.1) is 22.8 Å². The van der Waals surface area contributed by atoms with Crippen LogP contribution in [0.5, 0.6) is 0 Å². The van der Waals surface area contributed by atoms with E-state index in [9.17, 15) is 9.59 Å². The largest absolute Gasteiger partial charge is 0.452 e. The number of nitrogens with one attached hydrogen (secondary N) is 1. The van der Waals surface area contributed by atoms with Gasteiger partial charge in [0.15, 0.2) is 6.10 Å². The van der Waals surface area contributed by atoms with Gasteiger partial charge in [-0.3, -0.25) is 14.3 Å². The number of hydrogen-bond acceptors (Lipinski definition) is 5. The number of thioether (sulfide) groups is 1. The molecule has 0 aliphatic carbocycles. The zero-order chi connectivity index (χ0) is 21.1. The lowest BCUT2D eigenvalue weighted by atomic mass is 10.1. The molecule has 1 N–H and O–H groups in total. The van der Waals surface area contributed by atoms with Crippen LogP contribution in [0.4, 0.5) is 5.69 Å². The van der Waals surface area contributed by atoms with Crippen LogP contribution < -0.4 is 5.32 Å². The monoisotopic (exact) mass is 431 g/mol. The second kappa shape index (κ2) is 8.88. The number of esters is 1. The minimum atomic E-state index is -0.918. The van der Waals surface area contributed by atoms with Crippen LogP contribution in [0.1, 0.15) is 18.3 Å². The molecular weight excluding hydrogens is 410 g/mol. The summed E-state index contributed by atoms with van der Waals surface area (Å²) in [6.45, 7) is 5.22. The summed E-state index contributed by atoms with van der Waals surface area (Å²) in [5.74, 6) is -0.788. The summed E-state index contributed by atoms with van der Waals surface area (Å²) in [5.41, 5.74) is 2.18. The zero-order valence-electron chi connectivity index (χ0n) is 16.7. The van der Waals surface area contributed by atoms with Crippen molar-refractivity contribution in [3.8, 4) is 0 Å². The molecule has 1 aromatic heterocycles. The molecule has 0 spiro atoms. The van der Waals surface area contributed by atoms with Crippen LogP contribution in [0.2, 0.25) is 5.02 Å². The van der Waals surface area contributed by atoms with E-state index in [-0.39, 0.29) is 5.75 Å². The van der Waals surface area contributed by atoms with Crippen LogP contribution in [0.15, 0.2) is 41.3 Å². The Balaban J connectivity index is 1.60. The topological polar surface area (TPSA) is 73.2 Å². The first-order chi connectivity index (χ1) is 13.8. The number of anilines is 1. The van der Waals surface area contributed by atoms with Gasteiger partial charge in [0.1, 0.15) is 0 Å². The average Bonchev–Trinajstić information content (AvgIpc) is 2.92. The summed E-state index contributed by atoms with van der Waals surface area (Å²) in [6, 6.07) is 11.5. The molecule has 1 amide bonds. The molecule has 6 nitrogen and oxygen atoms in total. The Kier molecular flexibility index (Phi) is 6.49. The van der Waals surface area contributed by atoms with Gasteiger partial charge in [0.25, 0.3) is 5.91 Å². The maximum atomic E-state index is 12.4. The van der Waals surface area contributed by atoms with Crippen LogP contribution in [0, 0.1) is 13.8 Å². The zero-order valence-corrected chi connectivity index (χ0v) is 18.2. The van der Waals surface area contributed by atoms with E-state index in [1.54, 1.807) is 18.7 Å². The van der Waals surface area contributed by atoms with E-state index in [1.165, 1.54) is 11.8 Å². The van der Waals surface area contributed by atoms with Gasteiger partial charge >= 0.3 is 5.97 Å². The normalized spacial score (nSPS) is 12.0. The van der Waals surface area contributed by atoms with Crippen LogP contribution >= 0.6 is 23.4 Å². The molecule has 0 aliphatic rings. The van der Waals surface area contributed by atoms with E-state index < -0.39 is 18.0 Å². The van der Waals surface area contributed by atoms with Crippen LogP contribution in [0.3, 0.4) is 0 Å². The molecule has 0 aliphatic heterocycles. The Hall–Kier alpha value is -2.51. The number of carbonyl (C=O) groups is 2. The molecule has 2 aromatic carbocycles. The van der Waals surface area contributed by atoms with E-state index in [4.69, 9.17) is 16.3 Å². The fourth-order valence-electron chi connectivity index (χ4n) is 2.98. The number of benzene rings is 2. The van der Waals surface area contributed by atoms with E-state index in [2.05, 4.69) is 10.4 Å². The van der Waals surface area contributed by atoms with Crippen molar-refractivity contribution in [2.75, 3.05) is 11.1 Å². The molecule has 152 valence electrons. The minimum Gasteiger partial charge on any atom is -0.452 e. The summed E-state index contributed by atoms with van der Waals surface area (Å²) in [7, 11) is 1.80. The number of aryl methyl sites for hydroxylation is 2. The van der Waals surface area contributed by atoms with Crippen molar-refractivity contribution < 1.29 is 14.3 Å². The Morgan fingerprint density at radius 3 is 2.59 bits per heavy atom. The number of fused-ring (bicyclic) bond motifs is 1.